The SMILES string of the molecule is C=C[CH2][Al].[V]. The molecule has 2 heteroatoms. The molecule has 5 heavy (non-hydrogen) atoms. The van der Waals surface area contributed by atoms with Gasteiger partial charge in [-0.05, 0) is 0 Å². The third-order valence-corrected chi connectivity index (χ3v) is 0.500. The van der Waals surface area contributed by atoms with Crippen LogP contribution in [0.1, 0.15) is 0 Å². The average Bonchev–Trinajstić information content (AvgIpc) is 1.37. The summed E-state index contributed by atoms with van der Waals surface area (Å²) in [5.74, 6) is 0. The van der Waals surface area contributed by atoms with Gasteiger partial charge in [0.2, 0.25) is 0 Å². The average molecular weight is 119 g/mol. The summed E-state index contributed by atoms with van der Waals surface area (Å²) in [4.78, 5) is 0. The minimum absolute atomic E-state index is 0. The van der Waals surface area contributed by atoms with Gasteiger partial charge in [-0.2, -0.15) is 0 Å². The fraction of sp³-hybridized carbons (Fsp3) is 0.333. The third kappa shape index (κ3) is 11.5. The van der Waals surface area contributed by atoms with Crippen molar-refractivity contribution in [1.82, 2.24) is 0 Å². The summed E-state index contributed by atoms with van der Waals surface area (Å²) >= 11 is 2.54. The zero-order valence-electron chi connectivity index (χ0n) is 3.02. The van der Waals surface area contributed by atoms with Gasteiger partial charge in [-0.15, -0.1) is 17.9 Å². The second-order valence-corrected chi connectivity index (χ2v) is 0.996. The second kappa shape index (κ2) is 8.85. The fourth-order valence-corrected chi connectivity index (χ4v) is 0. The minimum atomic E-state index is 0. The smallest absolute Gasteiger partial charge is 0.107 e. The van der Waals surface area contributed by atoms with Crippen molar-refractivity contribution in [2.45, 2.75) is 5.28 Å². The molecule has 0 aliphatic rings. The van der Waals surface area contributed by atoms with Crippen molar-refractivity contribution in [1.29, 1.82) is 0 Å². The van der Waals surface area contributed by atoms with Gasteiger partial charge < -0.3 is 0 Å². The van der Waals surface area contributed by atoms with Crippen molar-refractivity contribution in [2.24, 2.45) is 0 Å². The first-order chi connectivity index (χ1) is 1.91. The molecule has 0 aromatic rings. The molecule has 0 aliphatic heterocycles. The molecule has 0 nitrogen and oxygen atoms in total. The summed E-state index contributed by atoms with van der Waals surface area (Å²) < 4.78 is 0. The summed E-state index contributed by atoms with van der Waals surface area (Å²) in [6.45, 7) is 3.46. The molecule has 0 aromatic carbocycles. The van der Waals surface area contributed by atoms with Gasteiger partial charge in [0.25, 0.3) is 0 Å². The van der Waals surface area contributed by atoms with Gasteiger partial charge in [0.05, 0.1) is 0 Å². The summed E-state index contributed by atoms with van der Waals surface area (Å²) in [7, 11) is 0. The van der Waals surface area contributed by atoms with E-state index in [0.717, 1.165) is 5.28 Å². The zero-order valence-corrected chi connectivity index (χ0v) is 5.57. The molecule has 25 valence electrons. The molecule has 0 aliphatic carbocycles. The number of allylic oxidation sites excluding steroid dienone is 1. The van der Waals surface area contributed by atoms with Crippen molar-refractivity contribution in [3.63, 3.8) is 0 Å². The molecular formula is C3H5AlV. The van der Waals surface area contributed by atoms with E-state index in [9.17, 15) is 0 Å². The van der Waals surface area contributed by atoms with Crippen molar-refractivity contribution in [3.8, 4) is 0 Å². The molecule has 0 saturated heterocycles. The van der Waals surface area contributed by atoms with Crippen LogP contribution in [0.25, 0.3) is 0 Å². The van der Waals surface area contributed by atoms with E-state index in [0.29, 0.717) is 0 Å². The van der Waals surface area contributed by atoms with E-state index in [2.05, 4.69) is 22.9 Å². The fourth-order valence-electron chi connectivity index (χ4n) is 0. The Labute approximate surface area is 52.9 Å². The van der Waals surface area contributed by atoms with E-state index in [1.54, 1.807) is 0 Å². The van der Waals surface area contributed by atoms with Gasteiger partial charge in [0.1, 0.15) is 16.3 Å². The van der Waals surface area contributed by atoms with Gasteiger partial charge in [0.15, 0.2) is 0 Å². The van der Waals surface area contributed by atoms with Crippen LogP contribution in [0.15, 0.2) is 12.7 Å². The zero-order chi connectivity index (χ0) is 3.41. The van der Waals surface area contributed by atoms with Crippen LogP contribution in [0.2, 0.25) is 5.28 Å². The van der Waals surface area contributed by atoms with Crippen molar-refractivity contribution in [2.75, 3.05) is 0 Å². The molecule has 0 atom stereocenters. The molecule has 0 spiro atoms. The largest absolute Gasteiger partial charge is 0.124 e. The normalized spacial score (nSPS) is 4.80. The maximum absolute atomic E-state index is 3.46. The van der Waals surface area contributed by atoms with Crippen LogP contribution in [0.4, 0.5) is 0 Å². The molecule has 0 amide bonds. The Kier molecular flexibility index (Phi) is 16.4. The Balaban J connectivity index is 0. The molecular weight excluding hydrogens is 114 g/mol. The Morgan fingerprint density at radius 3 is 2.00 bits per heavy atom. The van der Waals surface area contributed by atoms with Crippen LogP contribution in [0.5, 0.6) is 0 Å². The standard InChI is InChI=1S/C3H5.Al.V/c1-3-2;;/h3H,1-2H2;;. The maximum atomic E-state index is 3.46. The molecule has 0 aromatic heterocycles. The Bertz CT molecular complexity index is 20.9. The number of rotatable bonds is 1. The Hall–Kier alpha value is 0.857. The van der Waals surface area contributed by atoms with Gasteiger partial charge in [-0.3, -0.25) is 0 Å². The third-order valence-electron chi connectivity index (χ3n) is 0.167. The first-order valence-corrected chi connectivity index (χ1v) is 2.04. The van der Waals surface area contributed by atoms with Crippen LogP contribution in [0.3, 0.4) is 0 Å². The predicted octanol–water partition coefficient (Wildman–Crippen LogP) is 0.757. The molecule has 0 fully saturated rings. The molecule has 0 N–H and O–H groups in total. The van der Waals surface area contributed by atoms with Crippen LogP contribution < -0.4 is 0 Å². The first kappa shape index (κ1) is 9.29. The van der Waals surface area contributed by atoms with Gasteiger partial charge in [-0.25, -0.2) is 0 Å². The van der Waals surface area contributed by atoms with E-state index in [-0.39, 0.29) is 18.6 Å². The second-order valence-electron chi connectivity index (χ2n) is 0.524. The summed E-state index contributed by atoms with van der Waals surface area (Å²) in [5.41, 5.74) is 0. The summed E-state index contributed by atoms with van der Waals surface area (Å²) in [6, 6.07) is 0. The van der Waals surface area contributed by atoms with E-state index < -0.39 is 0 Å². The van der Waals surface area contributed by atoms with E-state index in [1.807, 2.05) is 6.08 Å². The van der Waals surface area contributed by atoms with Crippen molar-refractivity contribution in [3.05, 3.63) is 12.7 Å². The first-order valence-electron chi connectivity index (χ1n) is 1.22. The summed E-state index contributed by atoms with van der Waals surface area (Å²) in [6.07, 6.45) is 1.84. The van der Waals surface area contributed by atoms with Crippen LogP contribution in [0, 0.1) is 0 Å². The maximum Gasteiger partial charge on any atom is 0.124 e. The van der Waals surface area contributed by atoms with Crippen LogP contribution in [-0.2, 0) is 18.6 Å². The molecule has 0 unspecified atom stereocenters. The molecule has 3 radical (unpaired) electrons. The molecule has 0 saturated carbocycles. The Morgan fingerprint density at radius 2 is 2.00 bits per heavy atom. The molecule has 0 bridgehead atoms. The van der Waals surface area contributed by atoms with Crippen LogP contribution >= 0.6 is 0 Å². The molecule has 0 rings (SSSR count). The number of hydrogen-bond acceptors (Lipinski definition) is 0. The van der Waals surface area contributed by atoms with Crippen LogP contribution in [-0.4, -0.2) is 16.3 Å². The topological polar surface area (TPSA) is 0 Å². The summed E-state index contributed by atoms with van der Waals surface area (Å²) in [5, 5.41) is 1.00. The van der Waals surface area contributed by atoms with E-state index in [4.69, 9.17) is 0 Å². The Morgan fingerprint density at radius 1 is 1.80 bits per heavy atom. The molecule has 0 heterocycles. The van der Waals surface area contributed by atoms with Crippen molar-refractivity contribution < 1.29 is 18.6 Å². The van der Waals surface area contributed by atoms with Crippen molar-refractivity contribution >= 4 is 16.3 Å². The predicted molar refractivity (Wildman–Crippen MR) is 20.8 cm³/mol. The monoisotopic (exact) mass is 119 g/mol. The quantitative estimate of drug-likeness (QED) is 0.353. The van der Waals surface area contributed by atoms with Gasteiger partial charge >= 0.3 is 0 Å². The van der Waals surface area contributed by atoms with Gasteiger partial charge in [0, 0.05) is 18.6 Å². The van der Waals surface area contributed by atoms with E-state index in [1.165, 1.54) is 0 Å². The number of hydrogen-bond donors (Lipinski definition) is 0. The van der Waals surface area contributed by atoms with E-state index >= 15 is 0 Å². The van der Waals surface area contributed by atoms with Gasteiger partial charge in [-0.1, -0.05) is 0 Å². The minimum Gasteiger partial charge on any atom is -0.107 e.